The Bertz CT molecular complexity index is 1070. The lowest BCUT2D eigenvalue weighted by molar-refractivity contribution is -0.117. The van der Waals surface area contributed by atoms with Crippen LogP contribution in [0.5, 0.6) is 0 Å². The topological polar surface area (TPSA) is 79.5 Å². The average Bonchev–Trinajstić information content (AvgIpc) is 3.36. The van der Waals surface area contributed by atoms with Gasteiger partial charge in [-0.05, 0) is 36.8 Å². The van der Waals surface area contributed by atoms with Crippen LogP contribution >= 0.6 is 11.6 Å². The highest BCUT2D eigenvalue weighted by atomic mass is 35.5. The quantitative estimate of drug-likeness (QED) is 0.639. The van der Waals surface area contributed by atoms with Gasteiger partial charge in [-0.1, -0.05) is 35.0 Å². The fraction of sp³-hybridized carbons (Fsp3) is 0.238. The summed E-state index contributed by atoms with van der Waals surface area (Å²) < 4.78 is 5.28. The maximum absolute atomic E-state index is 12.8. The van der Waals surface area contributed by atoms with Crippen molar-refractivity contribution >= 4 is 29.1 Å². The molecule has 4 rings (SSSR count). The summed E-state index contributed by atoms with van der Waals surface area (Å²) >= 11 is 6.00. The molecule has 1 aliphatic rings. The molecule has 2 heterocycles. The molecule has 1 fully saturated rings. The number of halogens is 1. The van der Waals surface area contributed by atoms with E-state index in [9.17, 15) is 9.59 Å². The Balaban J connectivity index is 1.47. The normalized spacial score (nSPS) is 13.7. The van der Waals surface area contributed by atoms with Crippen molar-refractivity contribution in [3.8, 4) is 11.4 Å². The van der Waals surface area contributed by atoms with E-state index in [0.29, 0.717) is 35.3 Å². The highest BCUT2D eigenvalue weighted by Gasteiger charge is 2.23. The number of amides is 2. The number of rotatable bonds is 5. The lowest BCUT2D eigenvalue weighted by Crippen LogP contribution is -2.27. The van der Waals surface area contributed by atoms with Crippen LogP contribution in [-0.4, -0.2) is 40.4 Å². The van der Waals surface area contributed by atoms with Gasteiger partial charge in [0.25, 0.3) is 5.91 Å². The minimum Gasteiger partial charge on any atom is -0.337 e. The van der Waals surface area contributed by atoms with Gasteiger partial charge in [0, 0.05) is 41.9 Å². The van der Waals surface area contributed by atoms with Crippen molar-refractivity contribution in [2.75, 3.05) is 18.5 Å². The van der Waals surface area contributed by atoms with Crippen LogP contribution in [0.2, 0.25) is 5.02 Å². The molecular weight excluding hydrogens is 392 g/mol. The fourth-order valence-corrected chi connectivity index (χ4v) is 3.48. The van der Waals surface area contributed by atoms with E-state index >= 15 is 0 Å². The molecule has 7 nitrogen and oxygen atoms in total. The second-order valence-electron chi connectivity index (χ2n) is 6.88. The third-order valence-corrected chi connectivity index (χ3v) is 4.98. The molecule has 1 saturated heterocycles. The zero-order valence-electron chi connectivity index (χ0n) is 15.8. The van der Waals surface area contributed by atoms with Crippen molar-refractivity contribution in [2.24, 2.45) is 0 Å². The van der Waals surface area contributed by atoms with E-state index < -0.39 is 0 Å². The van der Waals surface area contributed by atoms with E-state index in [4.69, 9.17) is 16.1 Å². The van der Waals surface area contributed by atoms with E-state index in [0.717, 1.165) is 17.7 Å². The van der Waals surface area contributed by atoms with Crippen molar-refractivity contribution < 1.29 is 14.1 Å². The van der Waals surface area contributed by atoms with Gasteiger partial charge in [0.1, 0.15) is 0 Å². The van der Waals surface area contributed by atoms with Gasteiger partial charge in [-0.25, -0.2) is 0 Å². The van der Waals surface area contributed by atoms with Crippen LogP contribution < -0.4 is 4.90 Å². The summed E-state index contributed by atoms with van der Waals surface area (Å²) in [7, 11) is 1.67. The SMILES string of the molecule is CN(Cc1nc(-c2cccc(Cl)c2)no1)C(=O)c1cccc(N2CCCC2=O)c1. The minimum absolute atomic E-state index is 0.0855. The van der Waals surface area contributed by atoms with Crippen LogP contribution in [0, 0.1) is 0 Å². The molecule has 1 aromatic heterocycles. The number of aromatic nitrogens is 2. The minimum atomic E-state index is -0.194. The lowest BCUT2D eigenvalue weighted by atomic mass is 10.1. The predicted octanol–water partition coefficient (Wildman–Crippen LogP) is 3.79. The van der Waals surface area contributed by atoms with Gasteiger partial charge in [-0.3, -0.25) is 9.59 Å². The third kappa shape index (κ3) is 4.14. The Morgan fingerprint density at radius 2 is 2.07 bits per heavy atom. The smallest absolute Gasteiger partial charge is 0.254 e. The number of anilines is 1. The predicted molar refractivity (Wildman–Crippen MR) is 109 cm³/mol. The van der Waals surface area contributed by atoms with Gasteiger partial charge < -0.3 is 14.3 Å². The number of hydrogen-bond donors (Lipinski definition) is 0. The van der Waals surface area contributed by atoms with Gasteiger partial charge >= 0.3 is 0 Å². The second-order valence-corrected chi connectivity index (χ2v) is 7.32. The Morgan fingerprint density at radius 3 is 2.83 bits per heavy atom. The monoisotopic (exact) mass is 410 g/mol. The zero-order chi connectivity index (χ0) is 20.4. The van der Waals surface area contributed by atoms with E-state index in [1.54, 1.807) is 48.3 Å². The van der Waals surface area contributed by atoms with Crippen LogP contribution in [0.4, 0.5) is 5.69 Å². The summed E-state index contributed by atoms with van der Waals surface area (Å²) in [6, 6.07) is 14.3. The molecule has 0 saturated carbocycles. The lowest BCUT2D eigenvalue weighted by Gasteiger charge is -2.18. The molecule has 148 valence electrons. The third-order valence-electron chi connectivity index (χ3n) is 4.75. The van der Waals surface area contributed by atoms with Crippen molar-refractivity contribution in [1.29, 1.82) is 0 Å². The molecule has 0 bridgehead atoms. The summed E-state index contributed by atoms with van der Waals surface area (Å²) in [6.45, 7) is 0.847. The number of benzene rings is 2. The van der Waals surface area contributed by atoms with Crippen LogP contribution in [-0.2, 0) is 11.3 Å². The molecule has 1 aliphatic heterocycles. The highest BCUT2D eigenvalue weighted by molar-refractivity contribution is 6.30. The number of nitrogens with zero attached hydrogens (tertiary/aromatic N) is 4. The maximum Gasteiger partial charge on any atom is 0.254 e. The van der Waals surface area contributed by atoms with Gasteiger partial charge in [-0.15, -0.1) is 0 Å². The van der Waals surface area contributed by atoms with Gasteiger partial charge in [0.05, 0.1) is 6.54 Å². The Kier molecular flexibility index (Phi) is 5.31. The largest absolute Gasteiger partial charge is 0.337 e. The standard InChI is InChI=1S/C21H19ClN4O3/c1-25(13-18-23-20(24-29-18)14-5-2-7-16(22)11-14)21(28)15-6-3-8-17(12-15)26-10-4-9-19(26)27/h2-3,5-8,11-12H,4,9-10,13H2,1H3. The number of carbonyl (C=O) groups excluding carboxylic acids is 2. The van der Waals surface area contributed by atoms with Gasteiger partial charge in [0.15, 0.2) is 0 Å². The first kappa shape index (κ1) is 19.1. The number of hydrogen-bond acceptors (Lipinski definition) is 5. The van der Waals surface area contributed by atoms with Crippen molar-refractivity contribution in [3.63, 3.8) is 0 Å². The summed E-state index contributed by atoms with van der Waals surface area (Å²) in [5.41, 5.74) is 1.98. The van der Waals surface area contributed by atoms with E-state index in [1.807, 2.05) is 12.1 Å². The molecule has 2 aromatic carbocycles. The van der Waals surface area contributed by atoms with Crippen molar-refractivity contribution in [3.05, 3.63) is 65.0 Å². The molecule has 0 radical (unpaired) electrons. The molecule has 0 aliphatic carbocycles. The van der Waals surface area contributed by atoms with E-state index in [2.05, 4.69) is 10.1 Å². The first-order valence-electron chi connectivity index (χ1n) is 9.26. The fourth-order valence-electron chi connectivity index (χ4n) is 3.29. The van der Waals surface area contributed by atoms with Gasteiger partial charge in [0.2, 0.25) is 17.6 Å². The van der Waals surface area contributed by atoms with Crippen LogP contribution in [0.25, 0.3) is 11.4 Å². The summed E-state index contributed by atoms with van der Waals surface area (Å²) in [5, 5.41) is 4.54. The average molecular weight is 411 g/mol. The van der Waals surface area contributed by atoms with Crippen LogP contribution in [0.15, 0.2) is 53.1 Å². The number of carbonyl (C=O) groups is 2. The molecule has 0 N–H and O–H groups in total. The Labute approximate surface area is 172 Å². The van der Waals surface area contributed by atoms with E-state index in [-0.39, 0.29) is 18.4 Å². The van der Waals surface area contributed by atoms with Crippen molar-refractivity contribution in [1.82, 2.24) is 15.0 Å². The van der Waals surface area contributed by atoms with Crippen molar-refractivity contribution in [2.45, 2.75) is 19.4 Å². The molecular formula is C21H19ClN4O3. The Hall–Kier alpha value is -3.19. The summed E-state index contributed by atoms with van der Waals surface area (Å²) in [4.78, 5) is 32.4. The van der Waals surface area contributed by atoms with Crippen LogP contribution in [0.3, 0.4) is 0 Å². The second kappa shape index (κ2) is 8.05. The molecule has 0 atom stereocenters. The molecule has 2 amide bonds. The molecule has 0 unspecified atom stereocenters. The molecule has 8 heteroatoms. The molecule has 29 heavy (non-hydrogen) atoms. The maximum atomic E-state index is 12.8. The highest BCUT2D eigenvalue weighted by Crippen LogP contribution is 2.23. The van der Waals surface area contributed by atoms with E-state index in [1.165, 1.54) is 4.90 Å². The molecule has 3 aromatic rings. The first-order chi connectivity index (χ1) is 14.0. The summed E-state index contributed by atoms with van der Waals surface area (Å²) in [5.74, 6) is 0.628. The summed E-state index contributed by atoms with van der Waals surface area (Å²) in [6.07, 6.45) is 1.38. The zero-order valence-corrected chi connectivity index (χ0v) is 16.6. The van der Waals surface area contributed by atoms with Gasteiger partial charge in [-0.2, -0.15) is 4.98 Å². The first-order valence-corrected chi connectivity index (χ1v) is 9.63. The molecule has 0 spiro atoms. The Morgan fingerprint density at radius 1 is 1.24 bits per heavy atom. The van der Waals surface area contributed by atoms with Crippen LogP contribution in [0.1, 0.15) is 29.1 Å².